The first-order chi connectivity index (χ1) is 10.1. The Morgan fingerprint density at radius 2 is 2.10 bits per heavy atom. The predicted molar refractivity (Wildman–Crippen MR) is 89.2 cm³/mol. The van der Waals surface area contributed by atoms with Crippen molar-refractivity contribution in [1.82, 2.24) is 10.2 Å². The van der Waals surface area contributed by atoms with Crippen molar-refractivity contribution >= 4 is 34.1 Å². The van der Waals surface area contributed by atoms with Crippen molar-refractivity contribution in [2.24, 2.45) is 0 Å². The minimum Gasteiger partial charge on any atom is -0.300 e. The zero-order valence-corrected chi connectivity index (χ0v) is 14.1. The van der Waals surface area contributed by atoms with Crippen molar-refractivity contribution < 1.29 is 4.79 Å². The quantitative estimate of drug-likeness (QED) is 0.649. The normalized spacial score (nSPS) is 10.6. The van der Waals surface area contributed by atoms with Gasteiger partial charge in [-0.2, -0.15) is 0 Å². The Labute approximate surface area is 133 Å². The third-order valence-electron chi connectivity index (χ3n) is 3.02. The summed E-state index contributed by atoms with van der Waals surface area (Å²) in [5.74, 6) is 0.965. The summed E-state index contributed by atoms with van der Waals surface area (Å²) in [6.45, 7) is 6.24. The van der Waals surface area contributed by atoms with Crippen LogP contribution in [0.25, 0.3) is 0 Å². The topological polar surface area (TPSA) is 54.9 Å². The van der Waals surface area contributed by atoms with Gasteiger partial charge in [0.15, 0.2) is 4.34 Å². The number of aryl methyl sites for hydroxylation is 2. The van der Waals surface area contributed by atoms with E-state index in [9.17, 15) is 4.79 Å². The molecule has 0 radical (unpaired) electrons. The Bertz CT molecular complexity index is 625. The summed E-state index contributed by atoms with van der Waals surface area (Å²) in [5, 5.41) is 11.4. The van der Waals surface area contributed by atoms with E-state index in [1.54, 1.807) is 11.8 Å². The Morgan fingerprint density at radius 3 is 2.81 bits per heavy atom. The molecule has 0 aliphatic carbocycles. The first-order valence-electron chi connectivity index (χ1n) is 6.90. The van der Waals surface area contributed by atoms with Crippen LogP contribution in [0.2, 0.25) is 0 Å². The van der Waals surface area contributed by atoms with Gasteiger partial charge in [0.2, 0.25) is 11.0 Å². The van der Waals surface area contributed by atoms with Crippen LogP contribution in [-0.2, 0) is 11.2 Å². The average molecular weight is 321 g/mol. The number of nitrogens with zero attached hydrogens (tertiary/aromatic N) is 2. The lowest BCUT2D eigenvalue weighted by Gasteiger charge is -2.05. The summed E-state index contributed by atoms with van der Waals surface area (Å²) in [4.78, 5) is 12.0. The standard InChI is InChI=1S/C15H19N3OS2/c1-4-7-20-15-18-17-14(21-15)16-13(19)9-12-6-5-10(2)11(3)8-12/h5-6,8H,4,7,9H2,1-3H3,(H,16,17,19). The van der Waals surface area contributed by atoms with Gasteiger partial charge >= 0.3 is 0 Å². The summed E-state index contributed by atoms with van der Waals surface area (Å²) in [6.07, 6.45) is 1.46. The number of carbonyl (C=O) groups excluding carboxylic acids is 1. The molecule has 1 heterocycles. The molecular weight excluding hydrogens is 302 g/mol. The van der Waals surface area contributed by atoms with E-state index in [2.05, 4.69) is 42.4 Å². The van der Waals surface area contributed by atoms with Gasteiger partial charge in [0.05, 0.1) is 6.42 Å². The summed E-state index contributed by atoms with van der Waals surface area (Å²) in [5.41, 5.74) is 3.45. The third kappa shape index (κ3) is 4.82. The van der Waals surface area contributed by atoms with E-state index in [0.717, 1.165) is 22.1 Å². The van der Waals surface area contributed by atoms with Crippen LogP contribution >= 0.6 is 23.1 Å². The number of anilines is 1. The van der Waals surface area contributed by atoms with E-state index in [4.69, 9.17) is 0 Å². The molecular formula is C15H19N3OS2. The van der Waals surface area contributed by atoms with Crippen molar-refractivity contribution in [3.63, 3.8) is 0 Å². The summed E-state index contributed by atoms with van der Waals surface area (Å²) in [7, 11) is 0. The highest BCUT2D eigenvalue weighted by Gasteiger charge is 2.09. The molecule has 0 fully saturated rings. The highest BCUT2D eigenvalue weighted by Crippen LogP contribution is 2.25. The molecule has 0 atom stereocenters. The third-order valence-corrected chi connectivity index (χ3v) is 5.20. The van der Waals surface area contributed by atoms with E-state index in [1.807, 2.05) is 12.1 Å². The molecule has 2 rings (SSSR count). The van der Waals surface area contributed by atoms with Gasteiger partial charge in [0.1, 0.15) is 0 Å². The van der Waals surface area contributed by atoms with Crippen molar-refractivity contribution in [3.8, 4) is 0 Å². The predicted octanol–water partition coefficient (Wildman–Crippen LogP) is 3.84. The molecule has 0 bridgehead atoms. The number of nitrogens with one attached hydrogen (secondary N) is 1. The molecule has 4 nitrogen and oxygen atoms in total. The summed E-state index contributed by atoms with van der Waals surface area (Å²) < 4.78 is 0.901. The molecule has 0 saturated carbocycles. The molecule has 2 aromatic rings. The Hall–Kier alpha value is -1.40. The minimum absolute atomic E-state index is 0.0542. The summed E-state index contributed by atoms with van der Waals surface area (Å²) >= 11 is 3.10. The van der Waals surface area contributed by atoms with Crippen LogP contribution in [0.1, 0.15) is 30.0 Å². The molecule has 0 aliphatic rings. The highest BCUT2D eigenvalue weighted by atomic mass is 32.2. The van der Waals surface area contributed by atoms with Gasteiger partial charge in [-0.05, 0) is 37.0 Å². The number of benzene rings is 1. The SMILES string of the molecule is CCCSc1nnc(NC(=O)Cc2ccc(C)c(C)c2)s1. The number of hydrogen-bond donors (Lipinski definition) is 1. The van der Waals surface area contributed by atoms with Crippen LogP contribution in [0.5, 0.6) is 0 Å². The molecule has 0 aliphatic heterocycles. The largest absolute Gasteiger partial charge is 0.300 e. The summed E-state index contributed by atoms with van der Waals surface area (Å²) in [6, 6.07) is 6.09. The Balaban J connectivity index is 1.91. The lowest BCUT2D eigenvalue weighted by Crippen LogP contribution is -2.14. The zero-order valence-electron chi connectivity index (χ0n) is 12.5. The fourth-order valence-electron chi connectivity index (χ4n) is 1.77. The lowest BCUT2D eigenvalue weighted by molar-refractivity contribution is -0.115. The van der Waals surface area contributed by atoms with E-state index >= 15 is 0 Å². The maximum Gasteiger partial charge on any atom is 0.230 e. The zero-order chi connectivity index (χ0) is 15.2. The highest BCUT2D eigenvalue weighted by molar-refractivity contribution is 8.01. The van der Waals surface area contributed by atoms with E-state index in [0.29, 0.717) is 11.6 Å². The Kier molecular flexibility index (Phi) is 5.76. The van der Waals surface area contributed by atoms with E-state index in [1.165, 1.54) is 22.5 Å². The number of carbonyl (C=O) groups is 1. The molecule has 1 aromatic carbocycles. The molecule has 112 valence electrons. The van der Waals surface area contributed by atoms with Crippen LogP contribution in [0.3, 0.4) is 0 Å². The van der Waals surface area contributed by atoms with Crippen LogP contribution in [-0.4, -0.2) is 21.9 Å². The first kappa shape index (κ1) is 16.0. The van der Waals surface area contributed by atoms with Crippen molar-refractivity contribution in [1.29, 1.82) is 0 Å². The maximum absolute atomic E-state index is 12.0. The lowest BCUT2D eigenvalue weighted by atomic mass is 10.0. The number of amides is 1. The molecule has 21 heavy (non-hydrogen) atoms. The second-order valence-electron chi connectivity index (χ2n) is 4.87. The van der Waals surface area contributed by atoms with Gasteiger partial charge in [0, 0.05) is 5.75 Å². The molecule has 1 amide bonds. The fraction of sp³-hybridized carbons (Fsp3) is 0.400. The monoisotopic (exact) mass is 321 g/mol. The Morgan fingerprint density at radius 1 is 1.29 bits per heavy atom. The van der Waals surface area contributed by atoms with Gasteiger partial charge in [-0.15, -0.1) is 10.2 Å². The molecule has 0 unspecified atom stereocenters. The molecule has 6 heteroatoms. The van der Waals surface area contributed by atoms with Gasteiger partial charge in [-0.25, -0.2) is 0 Å². The van der Waals surface area contributed by atoms with Crippen molar-refractivity contribution in [3.05, 3.63) is 34.9 Å². The fourth-order valence-corrected chi connectivity index (χ4v) is 3.46. The molecule has 0 saturated heterocycles. The van der Waals surface area contributed by atoms with Crippen LogP contribution in [0.4, 0.5) is 5.13 Å². The van der Waals surface area contributed by atoms with Crippen LogP contribution < -0.4 is 5.32 Å². The number of hydrogen-bond acceptors (Lipinski definition) is 5. The molecule has 1 N–H and O–H groups in total. The van der Waals surface area contributed by atoms with Crippen molar-refractivity contribution in [2.75, 3.05) is 11.1 Å². The molecule has 1 aromatic heterocycles. The van der Waals surface area contributed by atoms with Gasteiger partial charge < -0.3 is 5.32 Å². The van der Waals surface area contributed by atoms with Crippen LogP contribution in [0.15, 0.2) is 22.5 Å². The van der Waals surface area contributed by atoms with E-state index < -0.39 is 0 Å². The van der Waals surface area contributed by atoms with Gasteiger partial charge in [-0.3, -0.25) is 4.79 Å². The van der Waals surface area contributed by atoms with Crippen molar-refractivity contribution in [2.45, 2.75) is 38.0 Å². The first-order valence-corrected chi connectivity index (χ1v) is 8.71. The number of aromatic nitrogens is 2. The smallest absolute Gasteiger partial charge is 0.230 e. The second-order valence-corrected chi connectivity index (χ2v) is 7.18. The average Bonchev–Trinajstić information content (AvgIpc) is 2.88. The van der Waals surface area contributed by atoms with Gasteiger partial charge in [-0.1, -0.05) is 48.2 Å². The van der Waals surface area contributed by atoms with Gasteiger partial charge in [0.25, 0.3) is 0 Å². The molecule has 0 spiro atoms. The maximum atomic E-state index is 12.0. The van der Waals surface area contributed by atoms with E-state index in [-0.39, 0.29) is 5.91 Å². The minimum atomic E-state index is -0.0542. The number of thioether (sulfide) groups is 1. The second kappa shape index (κ2) is 7.56. The van der Waals surface area contributed by atoms with Crippen LogP contribution in [0, 0.1) is 13.8 Å². The number of rotatable bonds is 6.